The van der Waals surface area contributed by atoms with Crippen LogP contribution in [0.4, 0.5) is 8.78 Å². The Balaban J connectivity index is 1.83. The Hall–Kier alpha value is -3.03. The fourth-order valence-electron chi connectivity index (χ4n) is 3.22. The lowest BCUT2D eigenvalue weighted by atomic mass is 10.1. The number of amides is 1. The number of hydrogen-bond donors (Lipinski definition) is 1. The van der Waals surface area contributed by atoms with Gasteiger partial charge < -0.3 is 10.1 Å². The van der Waals surface area contributed by atoms with Crippen molar-refractivity contribution in [3.63, 3.8) is 0 Å². The van der Waals surface area contributed by atoms with Crippen molar-refractivity contribution in [2.24, 2.45) is 0 Å². The molecule has 28 heavy (non-hydrogen) atoms. The number of ether oxygens (including phenoxy) is 1. The van der Waals surface area contributed by atoms with E-state index >= 15 is 0 Å². The summed E-state index contributed by atoms with van der Waals surface area (Å²) in [6.45, 7) is 5.02. The average molecular weight is 388 g/mol. The molecule has 1 atom stereocenters. The lowest BCUT2D eigenvalue weighted by Gasteiger charge is -2.15. The van der Waals surface area contributed by atoms with E-state index in [4.69, 9.17) is 4.74 Å². The van der Waals surface area contributed by atoms with E-state index in [0.29, 0.717) is 22.5 Å². The highest BCUT2D eigenvalue weighted by Crippen LogP contribution is 2.30. The molecule has 8 heteroatoms. The summed E-state index contributed by atoms with van der Waals surface area (Å²) in [4.78, 5) is 16.9. The highest BCUT2D eigenvalue weighted by atomic mass is 19.3. The number of carbonyl (C=O) groups excluding carboxylic acids is 1. The topological polar surface area (TPSA) is 69.0 Å². The number of methoxy groups -OCH3 is 1. The maximum atomic E-state index is 13.4. The number of aromatic nitrogens is 3. The van der Waals surface area contributed by atoms with Crippen molar-refractivity contribution in [2.45, 2.75) is 39.8 Å². The van der Waals surface area contributed by atoms with E-state index in [0.717, 1.165) is 5.56 Å². The molecule has 2 heterocycles. The minimum atomic E-state index is -2.64. The van der Waals surface area contributed by atoms with Gasteiger partial charge in [0.1, 0.15) is 12.3 Å². The second-order valence-corrected chi connectivity index (χ2v) is 6.66. The van der Waals surface area contributed by atoms with Gasteiger partial charge in [0, 0.05) is 11.3 Å². The number of nitrogens with zero attached hydrogens (tertiary/aromatic N) is 3. The number of fused-ring (bicyclic) bond motifs is 1. The fourth-order valence-corrected chi connectivity index (χ4v) is 3.22. The molecule has 1 aromatic carbocycles. The molecule has 0 radical (unpaired) electrons. The highest BCUT2D eigenvalue weighted by molar-refractivity contribution is 5.84. The SMILES string of the molecule is COc1cccc(C(C)NC(=O)Cn2nc(C)c3c(C(F)F)cc(C)nc32)c1. The lowest BCUT2D eigenvalue weighted by Crippen LogP contribution is -2.30. The predicted octanol–water partition coefficient (Wildman–Crippen LogP) is 3.87. The Labute approximate surface area is 161 Å². The molecule has 1 amide bonds. The van der Waals surface area contributed by atoms with Gasteiger partial charge in [-0.2, -0.15) is 5.10 Å². The zero-order valence-corrected chi connectivity index (χ0v) is 16.2. The molecular weight excluding hydrogens is 366 g/mol. The number of benzene rings is 1. The van der Waals surface area contributed by atoms with Crippen LogP contribution < -0.4 is 10.1 Å². The molecule has 3 rings (SSSR count). The van der Waals surface area contributed by atoms with E-state index in [1.165, 1.54) is 10.7 Å². The number of carbonyl (C=O) groups is 1. The number of alkyl halides is 2. The van der Waals surface area contributed by atoms with Crippen LogP contribution in [-0.4, -0.2) is 27.8 Å². The van der Waals surface area contributed by atoms with Crippen LogP contribution >= 0.6 is 0 Å². The Morgan fingerprint density at radius 2 is 2.04 bits per heavy atom. The van der Waals surface area contributed by atoms with Crippen LogP contribution in [0.25, 0.3) is 11.0 Å². The third-order valence-corrected chi connectivity index (χ3v) is 4.54. The second-order valence-electron chi connectivity index (χ2n) is 6.66. The first-order valence-corrected chi connectivity index (χ1v) is 8.86. The maximum Gasteiger partial charge on any atom is 0.264 e. The molecular formula is C20H22F2N4O2. The van der Waals surface area contributed by atoms with Crippen molar-refractivity contribution in [3.05, 3.63) is 52.8 Å². The quantitative estimate of drug-likeness (QED) is 0.696. The first-order valence-electron chi connectivity index (χ1n) is 8.86. The van der Waals surface area contributed by atoms with Gasteiger partial charge in [0.05, 0.1) is 24.2 Å². The number of pyridine rings is 1. The van der Waals surface area contributed by atoms with Gasteiger partial charge in [0.15, 0.2) is 5.65 Å². The summed E-state index contributed by atoms with van der Waals surface area (Å²) in [6.07, 6.45) is -2.64. The molecule has 148 valence electrons. The van der Waals surface area contributed by atoms with Crippen molar-refractivity contribution in [1.29, 1.82) is 0 Å². The zero-order chi connectivity index (χ0) is 20.4. The number of nitrogens with one attached hydrogen (secondary N) is 1. The number of hydrogen-bond acceptors (Lipinski definition) is 4. The summed E-state index contributed by atoms with van der Waals surface area (Å²) >= 11 is 0. The summed E-state index contributed by atoms with van der Waals surface area (Å²) in [5.74, 6) is 0.410. The van der Waals surface area contributed by atoms with E-state index in [2.05, 4.69) is 15.4 Å². The molecule has 3 aromatic rings. The molecule has 0 aliphatic carbocycles. The molecule has 0 aliphatic rings. The van der Waals surface area contributed by atoms with Crippen LogP contribution in [0.1, 0.15) is 41.9 Å². The standard InChI is InChI=1S/C20H22F2N4O2/c1-11-8-16(19(21)22)18-13(3)25-26(20(18)23-11)10-17(27)24-12(2)14-6-5-7-15(9-14)28-4/h5-9,12,19H,10H2,1-4H3,(H,24,27). The summed E-state index contributed by atoms with van der Waals surface area (Å²) < 4.78 is 33.4. The van der Waals surface area contributed by atoms with E-state index < -0.39 is 6.43 Å². The molecule has 0 aliphatic heterocycles. The van der Waals surface area contributed by atoms with Crippen molar-refractivity contribution in [3.8, 4) is 5.75 Å². The van der Waals surface area contributed by atoms with Crippen molar-refractivity contribution in [1.82, 2.24) is 20.1 Å². The molecule has 0 saturated heterocycles. The summed E-state index contributed by atoms with van der Waals surface area (Å²) in [6, 6.07) is 8.51. The van der Waals surface area contributed by atoms with Crippen LogP contribution in [0.3, 0.4) is 0 Å². The molecule has 0 bridgehead atoms. The first kappa shape index (κ1) is 19.7. The molecule has 0 fully saturated rings. The van der Waals surface area contributed by atoms with E-state index in [1.807, 2.05) is 31.2 Å². The normalized spacial score (nSPS) is 12.4. The first-order chi connectivity index (χ1) is 13.3. The van der Waals surface area contributed by atoms with Crippen LogP contribution in [0.15, 0.2) is 30.3 Å². The third-order valence-electron chi connectivity index (χ3n) is 4.54. The maximum absolute atomic E-state index is 13.4. The minimum Gasteiger partial charge on any atom is -0.497 e. The third kappa shape index (κ3) is 3.95. The minimum absolute atomic E-state index is 0.113. The van der Waals surface area contributed by atoms with E-state index in [-0.39, 0.29) is 29.7 Å². The molecule has 6 nitrogen and oxygen atoms in total. The lowest BCUT2D eigenvalue weighted by molar-refractivity contribution is -0.122. The van der Waals surface area contributed by atoms with Gasteiger partial charge in [-0.1, -0.05) is 12.1 Å². The number of aryl methyl sites for hydroxylation is 2. The van der Waals surface area contributed by atoms with Gasteiger partial charge in [-0.05, 0) is 44.5 Å². The summed E-state index contributed by atoms with van der Waals surface area (Å²) in [7, 11) is 1.58. The number of rotatable bonds is 6. The van der Waals surface area contributed by atoms with Crippen LogP contribution in [-0.2, 0) is 11.3 Å². The largest absolute Gasteiger partial charge is 0.497 e. The van der Waals surface area contributed by atoms with Gasteiger partial charge in [0.2, 0.25) is 5.91 Å². The Morgan fingerprint density at radius 1 is 1.29 bits per heavy atom. The molecule has 0 saturated carbocycles. The van der Waals surface area contributed by atoms with Gasteiger partial charge in [-0.15, -0.1) is 0 Å². The number of halogens is 2. The van der Waals surface area contributed by atoms with Gasteiger partial charge in [-0.25, -0.2) is 18.4 Å². The van der Waals surface area contributed by atoms with Crippen molar-refractivity contribution in [2.75, 3.05) is 7.11 Å². The Kier molecular flexibility index (Phi) is 5.58. The van der Waals surface area contributed by atoms with E-state index in [1.54, 1.807) is 21.0 Å². The fraction of sp³-hybridized carbons (Fsp3) is 0.350. The molecule has 0 spiro atoms. The van der Waals surface area contributed by atoms with Crippen LogP contribution in [0.2, 0.25) is 0 Å². The predicted molar refractivity (Wildman–Crippen MR) is 102 cm³/mol. The summed E-state index contributed by atoms with van der Waals surface area (Å²) in [5.41, 5.74) is 1.94. The zero-order valence-electron chi connectivity index (χ0n) is 16.2. The monoisotopic (exact) mass is 388 g/mol. The van der Waals surface area contributed by atoms with Crippen molar-refractivity contribution >= 4 is 16.9 Å². The van der Waals surface area contributed by atoms with Crippen LogP contribution in [0, 0.1) is 13.8 Å². The van der Waals surface area contributed by atoms with Crippen molar-refractivity contribution < 1.29 is 18.3 Å². The van der Waals surface area contributed by atoms with Gasteiger partial charge >= 0.3 is 0 Å². The Morgan fingerprint density at radius 3 is 2.71 bits per heavy atom. The summed E-state index contributed by atoms with van der Waals surface area (Å²) in [5, 5.41) is 7.45. The van der Waals surface area contributed by atoms with Gasteiger partial charge in [0.25, 0.3) is 6.43 Å². The Bertz CT molecular complexity index is 1020. The van der Waals surface area contributed by atoms with E-state index in [9.17, 15) is 13.6 Å². The van der Waals surface area contributed by atoms with Gasteiger partial charge in [-0.3, -0.25) is 4.79 Å². The average Bonchev–Trinajstić information content (AvgIpc) is 2.96. The molecule has 2 aromatic heterocycles. The molecule has 1 unspecified atom stereocenters. The van der Waals surface area contributed by atoms with Crippen LogP contribution in [0.5, 0.6) is 5.75 Å². The smallest absolute Gasteiger partial charge is 0.264 e. The molecule has 1 N–H and O–H groups in total. The second kappa shape index (κ2) is 7.92. The highest BCUT2D eigenvalue weighted by Gasteiger charge is 2.21.